The van der Waals surface area contributed by atoms with Crippen molar-refractivity contribution < 1.29 is 13.3 Å². The van der Waals surface area contributed by atoms with E-state index in [-0.39, 0.29) is 5.91 Å². The molecule has 0 N–H and O–H groups in total. The summed E-state index contributed by atoms with van der Waals surface area (Å²) in [7, 11) is -7.95. The Balaban J connectivity index is 2.63. The number of hydrogen-bond acceptors (Lipinski definition) is 3. The lowest BCUT2D eigenvalue weighted by Crippen LogP contribution is -2.77. The Morgan fingerprint density at radius 1 is 0.964 bits per heavy atom. The Morgan fingerprint density at radius 3 is 2.00 bits per heavy atom. The van der Waals surface area contributed by atoms with Crippen molar-refractivity contribution in [3.8, 4) is 0 Å². The van der Waals surface area contributed by atoms with Crippen LogP contribution in [-0.2, 0) is 13.3 Å². The van der Waals surface area contributed by atoms with Gasteiger partial charge in [0.25, 0.3) is 0 Å². The highest BCUT2D eigenvalue weighted by molar-refractivity contribution is 7.44. The topological polar surface area (TPSA) is 27.7 Å². The summed E-state index contributed by atoms with van der Waals surface area (Å²) in [6, 6.07) is 9.90. The standard InChI is InChI=1S/C21H40O3Si4/c1-10-19-15-11-12-16-20(19)27(8,9)28(18-14-13-17-22-28)21(23-25(2,3)4)24-26(5,6)7/h10-12,15-16,21H,1,13-14,17-18H2,2-9H3. The van der Waals surface area contributed by atoms with Crippen LogP contribution in [0.4, 0.5) is 0 Å². The van der Waals surface area contributed by atoms with E-state index in [2.05, 4.69) is 83.2 Å². The van der Waals surface area contributed by atoms with Crippen LogP contribution in [0.15, 0.2) is 30.8 Å². The van der Waals surface area contributed by atoms with E-state index in [9.17, 15) is 0 Å². The number of hydrogen-bond donors (Lipinski definition) is 0. The summed E-state index contributed by atoms with van der Waals surface area (Å²) in [5.74, 6) is -0.161. The summed E-state index contributed by atoms with van der Waals surface area (Å²) in [5.41, 5.74) is 1.25. The second-order valence-corrected chi connectivity index (χ2v) is 32.4. The predicted octanol–water partition coefficient (Wildman–Crippen LogP) is 5.65. The Labute approximate surface area is 176 Å². The zero-order chi connectivity index (χ0) is 21.2. The lowest BCUT2D eigenvalue weighted by atomic mass is 10.2. The predicted molar refractivity (Wildman–Crippen MR) is 132 cm³/mol. The van der Waals surface area contributed by atoms with Gasteiger partial charge in [0.1, 0.15) is 13.5 Å². The fraction of sp³-hybridized carbons (Fsp3) is 0.619. The molecule has 28 heavy (non-hydrogen) atoms. The molecule has 3 nitrogen and oxygen atoms in total. The average molecular weight is 453 g/mol. The van der Waals surface area contributed by atoms with Gasteiger partial charge in [-0.15, -0.1) is 0 Å². The van der Waals surface area contributed by atoms with Crippen molar-refractivity contribution in [2.75, 3.05) is 6.61 Å². The molecule has 2 rings (SSSR count). The molecule has 1 atom stereocenters. The van der Waals surface area contributed by atoms with Crippen molar-refractivity contribution in [1.82, 2.24) is 0 Å². The van der Waals surface area contributed by atoms with Gasteiger partial charge >= 0.3 is 0 Å². The fourth-order valence-electron chi connectivity index (χ4n) is 4.12. The van der Waals surface area contributed by atoms with Crippen LogP contribution in [0.2, 0.25) is 58.4 Å². The quantitative estimate of drug-likeness (QED) is 0.377. The van der Waals surface area contributed by atoms with Gasteiger partial charge in [-0.1, -0.05) is 61.6 Å². The van der Waals surface area contributed by atoms with Crippen LogP contribution in [0.5, 0.6) is 0 Å². The van der Waals surface area contributed by atoms with Crippen LogP contribution in [0.25, 0.3) is 6.08 Å². The average Bonchev–Trinajstić information content (AvgIpc) is 2.59. The van der Waals surface area contributed by atoms with E-state index < -0.39 is 32.1 Å². The minimum absolute atomic E-state index is 0.161. The molecular formula is C21H40O3Si4. The zero-order valence-corrected chi connectivity index (χ0v) is 23.2. The van der Waals surface area contributed by atoms with Crippen molar-refractivity contribution >= 4 is 43.3 Å². The van der Waals surface area contributed by atoms with Crippen LogP contribution in [0.1, 0.15) is 18.4 Å². The van der Waals surface area contributed by atoms with Crippen LogP contribution >= 0.6 is 0 Å². The first kappa shape index (κ1) is 24.0. The largest absolute Gasteiger partial charge is 0.414 e. The first-order valence-corrected chi connectivity index (χ1v) is 23.5. The molecule has 1 saturated heterocycles. The van der Waals surface area contributed by atoms with E-state index in [1.807, 2.05) is 6.08 Å². The van der Waals surface area contributed by atoms with E-state index >= 15 is 0 Å². The van der Waals surface area contributed by atoms with Gasteiger partial charge in [0.15, 0.2) is 16.6 Å². The van der Waals surface area contributed by atoms with Gasteiger partial charge in [-0.25, -0.2) is 0 Å². The van der Waals surface area contributed by atoms with Gasteiger partial charge in [-0.3, -0.25) is 0 Å². The van der Waals surface area contributed by atoms with E-state index in [1.165, 1.54) is 17.2 Å². The maximum absolute atomic E-state index is 6.90. The molecule has 1 aliphatic rings. The third-order valence-corrected chi connectivity index (χ3v) is 23.6. The van der Waals surface area contributed by atoms with E-state index in [1.54, 1.807) is 0 Å². The van der Waals surface area contributed by atoms with Crippen molar-refractivity contribution in [2.24, 2.45) is 0 Å². The molecule has 0 aromatic heterocycles. The lowest BCUT2D eigenvalue weighted by Gasteiger charge is -2.52. The highest BCUT2D eigenvalue weighted by Gasteiger charge is 2.60. The smallest absolute Gasteiger partial charge is 0.242 e. The second-order valence-electron chi connectivity index (χ2n) is 10.4. The molecule has 1 fully saturated rings. The molecule has 7 heteroatoms. The molecular weight excluding hydrogens is 413 g/mol. The molecule has 1 aromatic rings. The zero-order valence-electron chi connectivity index (χ0n) is 19.2. The molecule has 0 aliphatic carbocycles. The highest BCUT2D eigenvalue weighted by Crippen LogP contribution is 2.38. The van der Waals surface area contributed by atoms with Gasteiger partial charge in [0, 0.05) is 6.61 Å². The summed E-state index contributed by atoms with van der Waals surface area (Å²) in [4.78, 5) is 0. The second kappa shape index (κ2) is 8.83. The highest BCUT2D eigenvalue weighted by atomic mass is 29.3. The third kappa shape index (κ3) is 5.44. The van der Waals surface area contributed by atoms with Crippen molar-refractivity contribution in [3.05, 3.63) is 36.4 Å². The SMILES string of the molecule is C=Cc1ccccc1[Si](C)(C)[Si]1(C(O[Si](C)(C)C)O[Si](C)(C)C)CCCCO1. The molecule has 0 amide bonds. The molecule has 1 unspecified atom stereocenters. The Bertz CT molecular complexity index is 655. The molecule has 1 heterocycles. The maximum atomic E-state index is 6.90. The summed E-state index contributed by atoms with van der Waals surface area (Å²) < 4.78 is 20.6. The maximum Gasteiger partial charge on any atom is 0.242 e. The summed E-state index contributed by atoms with van der Waals surface area (Å²) in [6.07, 6.45) is 4.37. The molecule has 0 spiro atoms. The first-order valence-electron chi connectivity index (χ1n) is 10.5. The van der Waals surface area contributed by atoms with E-state index in [4.69, 9.17) is 13.3 Å². The van der Waals surface area contributed by atoms with E-state index in [0.29, 0.717) is 0 Å². The Kier molecular flexibility index (Phi) is 7.56. The summed E-state index contributed by atoms with van der Waals surface area (Å²) in [5, 5.41) is 1.45. The van der Waals surface area contributed by atoms with Gasteiger partial charge in [-0.2, -0.15) is 0 Å². The van der Waals surface area contributed by atoms with Gasteiger partial charge in [-0.05, 0) is 57.3 Å². The summed E-state index contributed by atoms with van der Waals surface area (Å²) in [6.45, 7) is 23.5. The van der Waals surface area contributed by atoms with Crippen molar-refractivity contribution in [2.45, 2.75) is 77.2 Å². The summed E-state index contributed by atoms with van der Waals surface area (Å²) >= 11 is 0. The van der Waals surface area contributed by atoms with Gasteiger partial charge in [0.05, 0.1) is 0 Å². The molecule has 0 radical (unpaired) electrons. The molecule has 0 bridgehead atoms. The van der Waals surface area contributed by atoms with Crippen LogP contribution in [0.3, 0.4) is 0 Å². The Morgan fingerprint density at radius 2 is 1.54 bits per heavy atom. The normalized spacial score (nSPS) is 21.8. The first-order chi connectivity index (χ1) is 12.8. The molecule has 0 saturated carbocycles. The minimum atomic E-state index is -2.33. The van der Waals surface area contributed by atoms with E-state index in [0.717, 1.165) is 19.1 Å². The molecule has 1 aliphatic heterocycles. The third-order valence-electron chi connectivity index (χ3n) is 5.52. The van der Waals surface area contributed by atoms with Crippen LogP contribution < -0.4 is 5.19 Å². The van der Waals surface area contributed by atoms with Gasteiger partial charge in [0.2, 0.25) is 7.83 Å². The number of benzene rings is 1. The fourth-order valence-corrected chi connectivity index (χ4v) is 23.2. The van der Waals surface area contributed by atoms with Crippen LogP contribution in [-0.4, -0.2) is 44.6 Å². The molecule has 1 aromatic carbocycles. The van der Waals surface area contributed by atoms with Crippen molar-refractivity contribution in [1.29, 1.82) is 0 Å². The van der Waals surface area contributed by atoms with Gasteiger partial charge < -0.3 is 13.3 Å². The monoisotopic (exact) mass is 452 g/mol. The number of rotatable bonds is 8. The minimum Gasteiger partial charge on any atom is -0.414 e. The van der Waals surface area contributed by atoms with Crippen molar-refractivity contribution in [3.63, 3.8) is 0 Å². The molecule has 158 valence electrons. The lowest BCUT2D eigenvalue weighted by molar-refractivity contribution is 0.0324. The Hall–Kier alpha value is -0.292. The van der Waals surface area contributed by atoms with Crippen LogP contribution in [0, 0.1) is 0 Å².